The maximum absolute atomic E-state index is 11.2. The van der Waals surface area contributed by atoms with Crippen LogP contribution in [0.1, 0.15) is 13.3 Å². The Labute approximate surface area is 96.4 Å². The second-order valence-electron chi connectivity index (χ2n) is 3.32. The zero-order valence-electron chi connectivity index (χ0n) is 10.2. The van der Waals surface area contributed by atoms with Crippen LogP contribution in [0.2, 0.25) is 0 Å². The van der Waals surface area contributed by atoms with Gasteiger partial charge in [0, 0.05) is 19.2 Å². The lowest BCUT2D eigenvalue weighted by atomic mass is 10.2. The van der Waals surface area contributed by atoms with Crippen LogP contribution in [-0.4, -0.2) is 51.1 Å². The number of hydrogen-bond acceptors (Lipinski definition) is 5. The third kappa shape index (κ3) is 5.85. The molecular weight excluding hydrogens is 210 g/mol. The first kappa shape index (κ1) is 15.1. The van der Waals surface area contributed by atoms with Gasteiger partial charge >= 0.3 is 5.97 Å². The fourth-order valence-corrected chi connectivity index (χ4v) is 1.23. The summed E-state index contributed by atoms with van der Waals surface area (Å²) >= 11 is 0. The first-order valence-corrected chi connectivity index (χ1v) is 5.30. The number of carbonyl (C=O) groups is 1. The van der Waals surface area contributed by atoms with Gasteiger partial charge in [-0.05, 0) is 6.42 Å². The monoisotopic (exact) mass is 231 g/mol. The molecule has 0 aliphatic heterocycles. The largest absolute Gasteiger partial charge is 0.466 e. The molecular formula is C11H21NO4. The van der Waals surface area contributed by atoms with Gasteiger partial charge in [-0.25, -0.2) is 4.79 Å². The van der Waals surface area contributed by atoms with E-state index in [0.717, 1.165) is 0 Å². The van der Waals surface area contributed by atoms with Gasteiger partial charge in [-0.3, -0.25) is 0 Å². The van der Waals surface area contributed by atoms with E-state index in [9.17, 15) is 4.79 Å². The number of carbonyl (C=O) groups excluding carboxylic acids is 1. The SMILES string of the molecule is CCC(=CCNC(CO)COC)C(=O)OC. The predicted molar refractivity (Wildman–Crippen MR) is 61.1 cm³/mol. The summed E-state index contributed by atoms with van der Waals surface area (Å²) in [7, 11) is 2.94. The Bertz CT molecular complexity index is 228. The number of rotatable bonds is 8. The van der Waals surface area contributed by atoms with E-state index in [2.05, 4.69) is 10.1 Å². The zero-order chi connectivity index (χ0) is 12.4. The fraction of sp³-hybridized carbons (Fsp3) is 0.727. The number of ether oxygens (including phenoxy) is 2. The molecule has 5 heteroatoms. The molecule has 0 radical (unpaired) electrons. The van der Waals surface area contributed by atoms with E-state index in [-0.39, 0.29) is 18.6 Å². The molecule has 0 heterocycles. The topological polar surface area (TPSA) is 67.8 Å². The van der Waals surface area contributed by atoms with Gasteiger partial charge in [-0.15, -0.1) is 0 Å². The van der Waals surface area contributed by atoms with E-state index in [1.165, 1.54) is 7.11 Å². The third-order valence-electron chi connectivity index (χ3n) is 2.17. The molecule has 0 aromatic rings. The van der Waals surface area contributed by atoms with Crippen LogP contribution < -0.4 is 5.32 Å². The molecule has 2 N–H and O–H groups in total. The van der Waals surface area contributed by atoms with E-state index >= 15 is 0 Å². The minimum Gasteiger partial charge on any atom is -0.466 e. The summed E-state index contributed by atoms with van der Waals surface area (Å²) in [6.45, 7) is 2.83. The summed E-state index contributed by atoms with van der Waals surface area (Å²) in [6.07, 6.45) is 2.40. The van der Waals surface area contributed by atoms with E-state index in [1.54, 1.807) is 13.2 Å². The van der Waals surface area contributed by atoms with Crippen LogP contribution in [0, 0.1) is 0 Å². The van der Waals surface area contributed by atoms with Crippen molar-refractivity contribution in [3.63, 3.8) is 0 Å². The molecule has 0 fully saturated rings. The van der Waals surface area contributed by atoms with Crippen molar-refractivity contribution in [1.29, 1.82) is 0 Å². The van der Waals surface area contributed by atoms with Gasteiger partial charge in [-0.1, -0.05) is 13.0 Å². The lowest BCUT2D eigenvalue weighted by Crippen LogP contribution is -2.36. The molecule has 0 saturated heterocycles. The van der Waals surface area contributed by atoms with Crippen LogP contribution in [0.5, 0.6) is 0 Å². The molecule has 5 nitrogen and oxygen atoms in total. The van der Waals surface area contributed by atoms with Crippen LogP contribution in [0.4, 0.5) is 0 Å². The quantitative estimate of drug-likeness (QED) is 0.458. The Morgan fingerprint density at radius 1 is 1.50 bits per heavy atom. The number of nitrogens with one attached hydrogen (secondary N) is 1. The molecule has 1 atom stereocenters. The Hall–Kier alpha value is -0.910. The van der Waals surface area contributed by atoms with Gasteiger partial charge in [0.25, 0.3) is 0 Å². The molecule has 0 aliphatic carbocycles. The number of methoxy groups -OCH3 is 2. The van der Waals surface area contributed by atoms with Gasteiger partial charge in [0.1, 0.15) is 0 Å². The highest BCUT2D eigenvalue weighted by Crippen LogP contribution is 2.01. The highest BCUT2D eigenvalue weighted by molar-refractivity contribution is 5.88. The zero-order valence-corrected chi connectivity index (χ0v) is 10.2. The summed E-state index contributed by atoms with van der Waals surface area (Å²) < 4.78 is 9.54. The lowest BCUT2D eigenvalue weighted by Gasteiger charge is -2.13. The average molecular weight is 231 g/mol. The third-order valence-corrected chi connectivity index (χ3v) is 2.17. The second kappa shape index (κ2) is 9.33. The highest BCUT2D eigenvalue weighted by atomic mass is 16.5. The highest BCUT2D eigenvalue weighted by Gasteiger charge is 2.08. The standard InChI is InChI=1S/C11H21NO4/c1-4-9(11(14)16-3)5-6-12-10(7-13)8-15-2/h5,10,12-13H,4,6-8H2,1-3H3. The van der Waals surface area contributed by atoms with Gasteiger partial charge in [-0.2, -0.15) is 0 Å². The van der Waals surface area contributed by atoms with Gasteiger partial charge < -0.3 is 19.9 Å². The van der Waals surface area contributed by atoms with Crippen molar-refractivity contribution < 1.29 is 19.4 Å². The summed E-state index contributed by atoms with van der Waals surface area (Å²) in [5, 5.41) is 12.0. The van der Waals surface area contributed by atoms with E-state index in [1.807, 2.05) is 6.92 Å². The molecule has 0 rings (SSSR count). The average Bonchev–Trinajstić information content (AvgIpc) is 2.32. The summed E-state index contributed by atoms with van der Waals surface area (Å²) in [5.74, 6) is -0.309. The number of aliphatic hydroxyl groups is 1. The summed E-state index contributed by atoms with van der Waals surface area (Å²) in [5.41, 5.74) is 0.629. The normalized spacial score (nSPS) is 13.6. The molecule has 0 aromatic carbocycles. The maximum atomic E-state index is 11.2. The van der Waals surface area contributed by atoms with Crippen LogP contribution in [0.3, 0.4) is 0 Å². The smallest absolute Gasteiger partial charge is 0.333 e. The van der Waals surface area contributed by atoms with Gasteiger partial charge in [0.15, 0.2) is 0 Å². The minimum absolute atomic E-state index is 0.00135. The lowest BCUT2D eigenvalue weighted by molar-refractivity contribution is -0.136. The number of aliphatic hydroxyl groups excluding tert-OH is 1. The Balaban J connectivity index is 4.07. The van der Waals surface area contributed by atoms with Crippen LogP contribution in [0.25, 0.3) is 0 Å². The van der Waals surface area contributed by atoms with Crippen molar-refractivity contribution in [2.75, 3.05) is 34.0 Å². The first-order chi connectivity index (χ1) is 7.69. The minimum atomic E-state index is -0.309. The van der Waals surface area contributed by atoms with Crippen molar-refractivity contribution in [2.24, 2.45) is 0 Å². The molecule has 94 valence electrons. The van der Waals surface area contributed by atoms with E-state index in [4.69, 9.17) is 9.84 Å². The van der Waals surface area contributed by atoms with Crippen molar-refractivity contribution in [1.82, 2.24) is 5.32 Å². The predicted octanol–water partition coefficient (Wildman–Crippen LogP) is 0.0927. The molecule has 0 bridgehead atoms. The molecule has 16 heavy (non-hydrogen) atoms. The Morgan fingerprint density at radius 3 is 2.62 bits per heavy atom. The Kier molecular flexibility index (Phi) is 8.80. The Morgan fingerprint density at radius 2 is 2.19 bits per heavy atom. The fourth-order valence-electron chi connectivity index (χ4n) is 1.23. The number of hydrogen-bond donors (Lipinski definition) is 2. The van der Waals surface area contributed by atoms with Crippen molar-refractivity contribution in [3.05, 3.63) is 11.6 Å². The van der Waals surface area contributed by atoms with Crippen molar-refractivity contribution >= 4 is 5.97 Å². The molecule has 1 unspecified atom stereocenters. The molecule has 0 aliphatic rings. The second-order valence-corrected chi connectivity index (χ2v) is 3.32. The van der Waals surface area contributed by atoms with Crippen LogP contribution in [0.15, 0.2) is 11.6 Å². The first-order valence-electron chi connectivity index (χ1n) is 5.30. The van der Waals surface area contributed by atoms with Crippen molar-refractivity contribution in [2.45, 2.75) is 19.4 Å². The molecule has 0 aromatic heterocycles. The van der Waals surface area contributed by atoms with Crippen LogP contribution >= 0.6 is 0 Å². The van der Waals surface area contributed by atoms with Gasteiger partial charge in [0.2, 0.25) is 0 Å². The van der Waals surface area contributed by atoms with E-state index in [0.29, 0.717) is 25.1 Å². The molecule has 0 amide bonds. The maximum Gasteiger partial charge on any atom is 0.333 e. The summed E-state index contributed by atoms with van der Waals surface area (Å²) in [6, 6.07) is -0.114. The van der Waals surface area contributed by atoms with E-state index < -0.39 is 0 Å². The van der Waals surface area contributed by atoms with Crippen molar-refractivity contribution in [3.8, 4) is 0 Å². The molecule has 0 spiro atoms. The van der Waals surface area contributed by atoms with Gasteiger partial charge in [0.05, 0.1) is 26.4 Å². The number of esters is 1. The molecule has 0 saturated carbocycles. The summed E-state index contributed by atoms with van der Waals surface area (Å²) in [4.78, 5) is 11.2. The van der Waals surface area contributed by atoms with Crippen LogP contribution in [-0.2, 0) is 14.3 Å².